The van der Waals surface area contributed by atoms with Gasteiger partial charge in [-0.15, -0.1) is 5.48 Å². The Hall–Kier alpha value is -4.16. The lowest BCUT2D eigenvalue weighted by Gasteiger charge is -2.21. The van der Waals surface area contributed by atoms with Gasteiger partial charge in [0.1, 0.15) is 28.4 Å². The topological polar surface area (TPSA) is 107 Å². The number of halogens is 3. The van der Waals surface area contributed by atoms with Crippen molar-refractivity contribution in [3.8, 4) is 22.6 Å². The lowest BCUT2D eigenvalue weighted by atomic mass is 9.96. The van der Waals surface area contributed by atoms with Crippen LogP contribution >= 0.6 is 23.2 Å². The number of nitrogens with zero attached hydrogens (tertiary/aromatic N) is 3. The Bertz CT molecular complexity index is 1960. The second kappa shape index (κ2) is 13.6. The average molecular weight is 709 g/mol. The number of methoxy groups -OCH3 is 1. The van der Waals surface area contributed by atoms with Crippen molar-refractivity contribution in [2.75, 3.05) is 26.0 Å². The second-order valence-corrected chi connectivity index (χ2v) is 13.5. The number of amides is 1. The molecule has 0 bridgehead atoms. The first kappa shape index (κ1) is 33.3. The van der Waals surface area contributed by atoms with Crippen molar-refractivity contribution >= 4 is 40.8 Å². The van der Waals surface area contributed by atoms with E-state index in [1.807, 2.05) is 49.0 Å². The molecule has 2 heterocycles. The van der Waals surface area contributed by atoms with Gasteiger partial charge in [-0.05, 0) is 55.5 Å². The molecule has 3 aromatic carbocycles. The van der Waals surface area contributed by atoms with E-state index < -0.39 is 11.9 Å². The standard InChI is InChI=1S/C36H36Cl2FN5O5/c1-43-15-14-28-27(18-43)41-34(44(28)2)35(45)42-26-9-5-8-23(31(26)37)20-6-4-7-22-21(20)12-13-29(22)48-30-16-25(39)24(33(47-3)32(30)38)17-40-49-36(46)19-10-11-19/h4-9,16,19,29,40H,10-15,17-18H2,1-3H3,(H,42,45). The minimum Gasteiger partial charge on any atom is -0.495 e. The fourth-order valence-electron chi connectivity index (χ4n) is 6.68. The number of aromatic nitrogens is 2. The molecule has 0 radical (unpaired) electrons. The molecule has 1 aliphatic heterocycles. The Labute approximate surface area is 293 Å². The third-order valence-electron chi connectivity index (χ3n) is 9.44. The molecule has 256 valence electrons. The number of ether oxygens (including phenoxy) is 2. The summed E-state index contributed by atoms with van der Waals surface area (Å²) in [5, 5.41) is 3.50. The molecule has 7 rings (SSSR count). The third kappa shape index (κ3) is 6.48. The van der Waals surface area contributed by atoms with E-state index in [9.17, 15) is 9.59 Å². The maximum absolute atomic E-state index is 15.4. The Morgan fingerprint density at radius 2 is 1.82 bits per heavy atom. The minimum absolute atomic E-state index is 0.0978. The van der Waals surface area contributed by atoms with Gasteiger partial charge in [0.05, 0.1) is 36.0 Å². The molecular weight excluding hydrogens is 672 g/mol. The van der Waals surface area contributed by atoms with Crippen LogP contribution in [0.3, 0.4) is 0 Å². The fraction of sp³-hybridized carbons (Fsp3) is 0.361. The molecule has 10 nitrogen and oxygen atoms in total. The van der Waals surface area contributed by atoms with Gasteiger partial charge in [-0.25, -0.2) is 9.37 Å². The summed E-state index contributed by atoms with van der Waals surface area (Å²) >= 11 is 13.7. The van der Waals surface area contributed by atoms with Gasteiger partial charge in [0.15, 0.2) is 5.82 Å². The van der Waals surface area contributed by atoms with E-state index in [-0.39, 0.29) is 46.4 Å². The number of anilines is 1. The molecule has 0 spiro atoms. The Morgan fingerprint density at radius 1 is 1.04 bits per heavy atom. The average Bonchev–Trinajstić information content (AvgIpc) is 3.79. The van der Waals surface area contributed by atoms with Crippen molar-refractivity contribution in [3.05, 3.63) is 92.2 Å². The van der Waals surface area contributed by atoms with Gasteiger partial charge in [0, 0.05) is 49.4 Å². The number of rotatable bonds is 10. The van der Waals surface area contributed by atoms with E-state index in [2.05, 4.69) is 20.7 Å². The molecule has 2 aliphatic carbocycles. The molecule has 1 amide bonds. The summed E-state index contributed by atoms with van der Waals surface area (Å²) in [6.45, 7) is 1.49. The summed E-state index contributed by atoms with van der Waals surface area (Å²) in [6.07, 6.45) is 3.33. The van der Waals surface area contributed by atoms with Crippen molar-refractivity contribution in [3.63, 3.8) is 0 Å². The van der Waals surface area contributed by atoms with Crippen LogP contribution in [0.5, 0.6) is 11.5 Å². The van der Waals surface area contributed by atoms with E-state index >= 15 is 4.39 Å². The first-order valence-corrected chi connectivity index (χ1v) is 17.0. The molecule has 49 heavy (non-hydrogen) atoms. The van der Waals surface area contributed by atoms with Crippen LogP contribution in [0, 0.1) is 11.7 Å². The SMILES string of the molecule is COc1c(Cl)c(OC2CCc3c(-c4cccc(NC(=O)c5nc6c(n5C)CCN(C)C6)c4Cl)cccc32)cc(F)c1CNOC(=O)C1CC1. The molecule has 1 unspecified atom stereocenters. The molecule has 1 fully saturated rings. The van der Waals surface area contributed by atoms with E-state index in [0.29, 0.717) is 35.9 Å². The molecule has 3 aliphatic rings. The zero-order valence-corrected chi connectivity index (χ0v) is 28.9. The highest BCUT2D eigenvalue weighted by Crippen LogP contribution is 2.46. The van der Waals surface area contributed by atoms with Crippen LogP contribution in [0.2, 0.25) is 10.0 Å². The summed E-state index contributed by atoms with van der Waals surface area (Å²) in [7, 11) is 5.30. The maximum Gasteiger partial charge on any atom is 0.327 e. The summed E-state index contributed by atoms with van der Waals surface area (Å²) in [4.78, 5) is 37.1. The van der Waals surface area contributed by atoms with E-state index in [1.165, 1.54) is 13.2 Å². The number of hydroxylamine groups is 1. The molecule has 1 aromatic heterocycles. The zero-order chi connectivity index (χ0) is 34.4. The summed E-state index contributed by atoms with van der Waals surface area (Å²) in [5.41, 5.74) is 8.77. The fourth-order valence-corrected chi connectivity index (χ4v) is 7.25. The van der Waals surface area contributed by atoms with Crippen LogP contribution < -0.4 is 20.3 Å². The van der Waals surface area contributed by atoms with Gasteiger partial charge < -0.3 is 29.1 Å². The number of fused-ring (bicyclic) bond motifs is 2. The van der Waals surface area contributed by atoms with Crippen molar-refractivity contribution < 1.29 is 28.3 Å². The maximum atomic E-state index is 15.4. The van der Waals surface area contributed by atoms with Crippen molar-refractivity contribution in [1.82, 2.24) is 19.9 Å². The largest absolute Gasteiger partial charge is 0.495 e. The molecule has 4 aromatic rings. The van der Waals surface area contributed by atoms with Crippen LogP contribution in [0.15, 0.2) is 42.5 Å². The second-order valence-electron chi connectivity index (χ2n) is 12.7. The van der Waals surface area contributed by atoms with Crippen LogP contribution in [-0.4, -0.2) is 47.0 Å². The molecule has 0 saturated heterocycles. The number of imidazole rings is 1. The lowest BCUT2D eigenvalue weighted by molar-refractivity contribution is -0.153. The van der Waals surface area contributed by atoms with Crippen molar-refractivity contribution in [2.45, 2.75) is 51.3 Å². The van der Waals surface area contributed by atoms with Crippen molar-refractivity contribution in [1.29, 1.82) is 0 Å². The monoisotopic (exact) mass is 707 g/mol. The molecule has 1 atom stereocenters. The molecule has 13 heteroatoms. The quantitative estimate of drug-likeness (QED) is 0.173. The highest BCUT2D eigenvalue weighted by molar-refractivity contribution is 6.36. The predicted molar refractivity (Wildman–Crippen MR) is 183 cm³/mol. The Kier molecular flexibility index (Phi) is 9.27. The number of nitrogens with one attached hydrogen (secondary N) is 2. The van der Waals surface area contributed by atoms with Crippen molar-refractivity contribution in [2.24, 2.45) is 13.0 Å². The van der Waals surface area contributed by atoms with E-state index in [0.717, 1.165) is 59.4 Å². The number of likely N-dealkylation sites (N-methyl/N-ethyl adjacent to an activating group) is 1. The summed E-state index contributed by atoms with van der Waals surface area (Å²) in [5.74, 6) is -0.813. The van der Waals surface area contributed by atoms with Gasteiger partial charge in [0.25, 0.3) is 5.91 Å². The van der Waals surface area contributed by atoms with Crippen LogP contribution in [0.25, 0.3) is 11.1 Å². The minimum atomic E-state index is -0.609. The van der Waals surface area contributed by atoms with Crippen LogP contribution in [0.1, 0.15) is 64.1 Å². The summed E-state index contributed by atoms with van der Waals surface area (Å²) < 4.78 is 29.0. The van der Waals surface area contributed by atoms with Crippen LogP contribution in [0.4, 0.5) is 10.1 Å². The number of hydrogen-bond donors (Lipinski definition) is 2. The Balaban J connectivity index is 1.10. The van der Waals surface area contributed by atoms with Gasteiger partial charge in [-0.3, -0.25) is 9.59 Å². The lowest BCUT2D eigenvalue weighted by Crippen LogP contribution is -2.27. The third-order valence-corrected chi connectivity index (χ3v) is 10.2. The number of hydrogen-bond acceptors (Lipinski definition) is 8. The van der Waals surface area contributed by atoms with Gasteiger partial charge in [-0.2, -0.15) is 0 Å². The zero-order valence-electron chi connectivity index (χ0n) is 27.4. The van der Waals surface area contributed by atoms with E-state index in [1.54, 1.807) is 6.07 Å². The highest BCUT2D eigenvalue weighted by Gasteiger charge is 2.33. The first-order valence-electron chi connectivity index (χ1n) is 16.2. The van der Waals surface area contributed by atoms with Gasteiger partial charge >= 0.3 is 5.97 Å². The van der Waals surface area contributed by atoms with Gasteiger partial charge in [-0.1, -0.05) is 53.5 Å². The van der Waals surface area contributed by atoms with Gasteiger partial charge in [0.2, 0.25) is 0 Å². The predicted octanol–water partition coefficient (Wildman–Crippen LogP) is 6.81. The highest BCUT2D eigenvalue weighted by atomic mass is 35.5. The summed E-state index contributed by atoms with van der Waals surface area (Å²) in [6, 6.07) is 12.7. The van der Waals surface area contributed by atoms with Crippen LogP contribution in [-0.2, 0) is 42.6 Å². The number of carbonyl (C=O) groups excluding carboxylic acids is 2. The molecule has 1 saturated carbocycles. The number of carbonyl (C=O) groups is 2. The Morgan fingerprint density at radius 3 is 2.59 bits per heavy atom. The first-order chi connectivity index (χ1) is 23.6. The molecule has 2 N–H and O–H groups in total. The molecular formula is C36H36Cl2FN5O5. The smallest absolute Gasteiger partial charge is 0.327 e. The number of benzene rings is 3. The normalized spacial score (nSPS) is 17.0. The van der Waals surface area contributed by atoms with E-state index in [4.69, 9.17) is 37.5 Å².